The first kappa shape index (κ1) is 13.0. The Morgan fingerprint density at radius 1 is 1.07 bits per heavy atom. The fraction of sp³-hybridized carbons (Fsp3) is 1.00. The molecular weight excluding hydrogens is 184 g/mol. The molecule has 1 aliphatic rings. The van der Waals surface area contributed by atoms with Crippen LogP contribution in [0.25, 0.3) is 0 Å². The van der Waals surface area contributed by atoms with Crippen LogP contribution in [0.2, 0.25) is 0 Å². The van der Waals surface area contributed by atoms with Crippen molar-refractivity contribution < 1.29 is 5.11 Å². The Kier molecular flexibility index (Phi) is 7.08. The van der Waals surface area contributed by atoms with Crippen molar-refractivity contribution in [3.05, 3.63) is 0 Å². The normalized spacial score (nSPS) is 19.6. The summed E-state index contributed by atoms with van der Waals surface area (Å²) in [7, 11) is 0. The van der Waals surface area contributed by atoms with Crippen molar-refractivity contribution in [1.29, 1.82) is 0 Å². The van der Waals surface area contributed by atoms with Gasteiger partial charge in [0.15, 0.2) is 0 Å². The summed E-state index contributed by atoms with van der Waals surface area (Å²) < 4.78 is 0. The van der Waals surface area contributed by atoms with Crippen LogP contribution in [0.1, 0.15) is 71.1 Å². The molecule has 1 unspecified atom stereocenters. The van der Waals surface area contributed by atoms with Crippen molar-refractivity contribution in [2.24, 2.45) is 11.8 Å². The van der Waals surface area contributed by atoms with Crippen molar-refractivity contribution in [2.75, 3.05) is 6.61 Å². The van der Waals surface area contributed by atoms with Crippen molar-refractivity contribution in [2.45, 2.75) is 71.1 Å². The molecule has 0 aromatic heterocycles. The highest BCUT2D eigenvalue weighted by Crippen LogP contribution is 2.33. The summed E-state index contributed by atoms with van der Waals surface area (Å²) >= 11 is 0. The summed E-state index contributed by atoms with van der Waals surface area (Å²) in [6, 6.07) is 0. The van der Waals surface area contributed by atoms with E-state index in [1.54, 1.807) is 0 Å². The fourth-order valence-electron chi connectivity index (χ4n) is 2.91. The fourth-order valence-corrected chi connectivity index (χ4v) is 2.91. The van der Waals surface area contributed by atoms with E-state index in [4.69, 9.17) is 0 Å². The molecule has 0 amide bonds. The van der Waals surface area contributed by atoms with Gasteiger partial charge < -0.3 is 5.11 Å². The highest BCUT2D eigenvalue weighted by Gasteiger charge is 2.23. The summed E-state index contributed by atoms with van der Waals surface area (Å²) in [5, 5.41) is 9.39. The number of hydrogen-bond donors (Lipinski definition) is 1. The predicted molar refractivity (Wildman–Crippen MR) is 65.9 cm³/mol. The van der Waals surface area contributed by atoms with Gasteiger partial charge in [-0.25, -0.2) is 0 Å². The van der Waals surface area contributed by atoms with E-state index in [2.05, 4.69) is 6.92 Å². The maximum Gasteiger partial charge on any atom is 0.0461 e. The van der Waals surface area contributed by atoms with E-state index >= 15 is 0 Å². The lowest BCUT2D eigenvalue weighted by atomic mass is 9.87. The summed E-state index contributed by atoms with van der Waals surface area (Å²) in [5.41, 5.74) is 0. The Morgan fingerprint density at radius 3 is 2.33 bits per heavy atom. The second kappa shape index (κ2) is 8.15. The number of aliphatic hydroxyl groups is 1. The molecule has 0 saturated heterocycles. The average molecular weight is 212 g/mol. The minimum atomic E-state index is 0.429. The Bertz CT molecular complexity index is 138. The Morgan fingerprint density at radius 2 is 1.73 bits per heavy atom. The smallest absolute Gasteiger partial charge is 0.0461 e. The second-order valence-corrected chi connectivity index (χ2v) is 5.19. The molecule has 0 aromatic rings. The van der Waals surface area contributed by atoms with Gasteiger partial charge in [-0.2, -0.15) is 0 Å². The molecule has 0 aromatic carbocycles. The molecule has 90 valence electrons. The lowest BCUT2D eigenvalue weighted by molar-refractivity contribution is 0.165. The zero-order valence-electron chi connectivity index (χ0n) is 10.4. The molecule has 15 heavy (non-hydrogen) atoms. The third kappa shape index (κ3) is 5.01. The molecule has 1 rings (SSSR count). The van der Waals surface area contributed by atoms with Gasteiger partial charge in [0.2, 0.25) is 0 Å². The molecule has 0 aliphatic heterocycles. The minimum Gasteiger partial charge on any atom is -0.396 e. The largest absolute Gasteiger partial charge is 0.396 e. The maximum absolute atomic E-state index is 9.39. The molecule has 0 radical (unpaired) electrons. The van der Waals surface area contributed by atoms with E-state index in [-0.39, 0.29) is 0 Å². The molecule has 1 heteroatoms. The highest BCUT2D eigenvalue weighted by molar-refractivity contribution is 4.74. The van der Waals surface area contributed by atoms with Crippen molar-refractivity contribution >= 4 is 0 Å². The zero-order valence-corrected chi connectivity index (χ0v) is 10.4. The van der Waals surface area contributed by atoms with Crippen LogP contribution in [0, 0.1) is 11.8 Å². The van der Waals surface area contributed by atoms with E-state index in [9.17, 15) is 5.11 Å². The van der Waals surface area contributed by atoms with E-state index in [0.29, 0.717) is 12.5 Å². The SMILES string of the molecule is CCCCCCCC(CO)C1CCCC1. The Labute approximate surface area is 95.3 Å². The van der Waals surface area contributed by atoms with Crippen LogP contribution in [0.4, 0.5) is 0 Å². The quantitative estimate of drug-likeness (QED) is 0.599. The third-order valence-electron chi connectivity index (χ3n) is 3.98. The molecule has 1 nitrogen and oxygen atoms in total. The van der Waals surface area contributed by atoms with Gasteiger partial charge in [0.1, 0.15) is 0 Å². The van der Waals surface area contributed by atoms with Gasteiger partial charge in [-0.3, -0.25) is 0 Å². The molecule has 1 saturated carbocycles. The van der Waals surface area contributed by atoms with Gasteiger partial charge >= 0.3 is 0 Å². The number of aliphatic hydroxyl groups excluding tert-OH is 1. The Balaban J connectivity index is 2.05. The number of hydrogen-bond acceptors (Lipinski definition) is 1. The first-order chi connectivity index (χ1) is 7.38. The first-order valence-corrected chi connectivity index (χ1v) is 6.99. The van der Waals surface area contributed by atoms with E-state index in [0.717, 1.165) is 5.92 Å². The van der Waals surface area contributed by atoms with Crippen LogP contribution >= 0.6 is 0 Å². The van der Waals surface area contributed by atoms with Gasteiger partial charge in [0.25, 0.3) is 0 Å². The van der Waals surface area contributed by atoms with Crippen LogP contribution in [0.3, 0.4) is 0 Å². The number of rotatable bonds is 8. The lowest BCUT2D eigenvalue weighted by Crippen LogP contribution is -2.15. The van der Waals surface area contributed by atoms with Gasteiger partial charge in [0.05, 0.1) is 0 Å². The van der Waals surface area contributed by atoms with Gasteiger partial charge in [-0.05, 0) is 18.3 Å². The van der Waals surface area contributed by atoms with Crippen molar-refractivity contribution in [3.63, 3.8) is 0 Å². The highest BCUT2D eigenvalue weighted by atomic mass is 16.3. The summed E-state index contributed by atoms with van der Waals surface area (Å²) in [6.07, 6.45) is 13.6. The summed E-state index contributed by atoms with van der Waals surface area (Å²) in [6.45, 7) is 2.69. The van der Waals surface area contributed by atoms with Crippen LogP contribution in [-0.2, 0) is 0 Å². The molecule has 1 atom stereocenters. The lowest BCUT2D eigenvalue weighted by Gasteiger charge is -2.20. The predicted octanol–water partition coefficient (Wildman–Crippen LogP) is 4.15. The molecule has 1 N–H and O–H groups in total. The van der Waals surface area contributed by atoms with Crippen LogP contribution in [-0.4, -0.2) is 11.7 Å². The minimum absolute atomic E-state index is 0.429. The second-order valence-electron chi connectivity index (χ2n) is 5.19. The number of unbranched alkanes of at least 4 members (excludes halogenated alkanes) is 4. The molecule has 0 bridgehead atoms. The molecule has 0 heterocycles. The summed E-state index contributed by atoms with van der Waals surface area (Å²) in [4.78, 5) is 0. The van der Waals surface area contributed by atoms with Gasteiger partial charge in [0, 0.05) is 6.61 Å². The van der Waals surface area contributed by atoms with Crippen molar-refractivity contribution in [1.82, 2.24) is 0 Å². The van der Waals surface area contributed by atoms with Crippen LogP contribution in [0.5, 0.6) is 0 Å². The van der Waals surface area contributed by atoms with E-state index < -0.39 is 0 Å². The summed E-state index contributed by atoms with van der Waals surface area (Å²) in [5.74, 6) is 1.47. The zero-order chi connectivity index (χ0) is 10.9. The Hall–Kier alpha value is -0.0400. The maximum atomic E-state index is 9.39. The van der Waals surface area contributed by atoms with Crippen molar-refractivity contribution in [3.8, 4) is 0 Å². The molecular formula is C14H28O. The van der Waals surface area contributed by atoms with Gasteiger partial charge in [-0.15, -0.1) is 0 Å². The molecule has 0 spiro atoms. The van der Waals surface area contributed by atoms with Gasteiger partial charge in [-0.1, -0.05) is 64.7 Å². The van der Waals surface area contributed by atoms with E-state index in [1.807, 2.05) is 0 Å². The average Bonchev–Trinajstić information content (AvgIpc) is 2.77. The monoisotopic (exact) mass is 212 g/mol. The standard InChI is InChI=1S/C14H28O/c1-2-3-4-5-6-11-14(12-15)13-9-7-8-10-13/h13-15H,2-12H2,1H3. The third-order valence-corrected chi connectivity index (χ3v) is 3.98. The molecule has 1 fully saturated rings. The first-order valence-electron chi connectivity index (χ1n) is 6.99. The topological polar surface area (TPSA) is 20.2 Å². The van der Waals surface area contributed by atoms with Crippen LogP contribution < -0.4 is 0 Å². The van der Waals surface area contributed by atoms with E-state index in [1.165, 1.54) is 64.2 Å². The van der Waals surface area contributed by atoms with Crippen LogP contribution in [0.15, 0.2) is 0 Å². The molecule has 1 aliphatic carbocycles.